The summed E-state index contributed by atoms with van der Waals surface area (Å²) < 4.78 is 4.83. The number of aromatic hydroxyl groups is 1. The summed E-state index contributed by atoms with van der Waals surface area (Å²) in [6, 6.07) is 7.18. The first-order valence-corrected chi connectivity index (χ1v) is 3.78. The van der Waals surface area contributed by atoms with Crippen molar-refractivity contribution in [1.29, 1.82) is 0 Å². The van der Waals surface area contributed by atoms with Crippen LogP contribution in [0.25, 0.3) is 6.08 Å². The molecule has 0 unspecified atom stereocenters. The number of hydrogen-bond donors (Lipinski definition) is 1. The average molecular weight is 164 g/mol. The standard InChI is InChI=1S/C10H12O2/c1-12-8-4-6-9-5-2-3-7-10(9)11/h2-7,11H,8H2,1H3. The minimum atomic E-state index is 0.296. The summed E-state index contributed by atoms with van der Waals surface area (Å²) in [6.45, 7) is 0.564. The van der Waals surface area contributed by atoms with Crippen LogP contribution in [0.2, 0.25) is 0 Å². The van der Waals surface area contributed by atoms with E-state index in [1.165, 1.54) is 0 Å². The molecule has 0 saturated carbocycles. The third kappa shape index (κ3) is 2.40. The van der Waals surface area contributed by atoms with E-state index in [1.807, 2.05) is 24.3 Å². The maximum Gasteiger partial charge on any atom is 0.122 e. The Balaban J connectivity index is 2.68. The molecule has 2 nitrogen and oxygen atoms in total. The Bertz CT molecular complexity index is 266. The monoisotopic (exact) mass is 164 g/mol. The summed E-state index contributed by atoms with van der Waals surface area (Å²) in [5.41, 5.74) is 0.814. The van der Waals surface area contributed by atoms with Crippen molar-refractivity contribution in [2.24, 2.45) is 0 Å². The van der Waals surface area contributed by atoms with Gasteiger partial charge >= 0.3 is 0 Å². The topological polar surface area (TPSA) is 29.5 Å². The van der Waals surface area contributed by atoms with Crippen LogP contribution in [-0.4, -0.2) is 18.8 Å². The van der Waals surface area contributed by atoms with Crippen LogP contribution in [-0.2, 0) is 4.74 Å². The van der Waals surface area contributed by atoms with Gasteiger partial charge in [-0.15, -0.1) is 0 Å². The number of rotatable bonds is 3. The van der Waals surface area contributed by atoms with Crippen molar-refractivity contribution in [3.63, 3.8) is 0 Å². The Kier molecular flexibility index (Phi) is 3.35. The van der Waals surface area contributed by atoms with Crippen LogP contribution in [0.1, 0.15) is 5.56 Å². The Morgan fingerprint density at radius 1 is 1.42 bits per heavy atom. The second-order valence-corrected chi connectivity index (χ2v) is 2.42. The number of ether oxygens (including phenoxy) is 1. The lowest BCUT2D eigenvalue weighted by molar-refractivity contribution is 0.234. The van der Waals surface area contributed by atoms with Gasteiger partial charge in [0, 0.05) is 12.7 Å². The van der Waals surface area contributed by atoms with Crippen LogP contribution in [0, 0.1) is 0 Å². The van der Waals surface area contributed by atoms with E-state index in [4.69, 9.17) is 4.74 Å². The van der Waals surface area contributed by atoms with Gasteiger partial charge in [0.2, 0.25) is 0 Å². The zero-order valence-electron chi connectivity index (χ0n) is 7.03. The van der Waals surface area contributed by atoms with Gasteiger partial charge in [-0.05, 0) is 6.07 Å². The number of phenols is 1. The van der Waals surface area contributed by atoms with Gasteiger partial charge in [-0.2, -0.15) is 0 Å². The van der Waals surface area contributed by atoms with E-state index in [1.54, 1.807) is 19.2 Å². The Hall–Kier alpha value is -1.28. The molecule has 0 aliphatic rings. The summed E-state index contributed by atoms with van der Waals surface area (Å²) in [5, 5.41) is 9.32. The number of methoxy groups -OCH3 is 1. The minimum Gasteiger partial charge on any atom is -0.507 e. The molecule has 0 aliphatic carbocycles. The predicted octanol–water partition coefficient (Wildman–Crippen LogP) is 2.05. The van der Waals surface area contributed by atoms with Gasteiger partial charge in [-0.25, -0.2) is 0 Å². The summed E-state index contributed by atoms with van der Waals surface area (Å²) in [5.74, 6) is 0.296. The van der Waals surface area contributed by atoms with Crippen LogP contribution in [0.3, 0.4) is 0 Å². The van der Waals surface area contributed by atoms with Gasteiger partial charge in [-0.3, -0.25) is 0 Å². The van der Waals surface area contributed by atoms with Crippen molar-refractivity contribution in [2.45, 2.75) is 0 Å². The van der Waals surface area contributed by atoms with Crippen molar-refractivity contribution >= 4 is 6.08 Å². The fourth-order valence-electron chi connectivity index (χ4n) is 0.900. The lowest BCUT2D eigenvalue weighted by atomic mass is 10.2. The molecule has 0 radical (unpaired) electrons. The van der Waals surface area contributed by atoms with E-state index in [0.717, 1.165) is 5.56 Å². The number of phenolic OH excluding ortho intramolecular Hbond substituents is 1. The van der Waals surface area contributed by atoms with Crippen molar-refractivity contribution in [3.8, 4) is 5.75 Å². The van der Waals surface area contributed by atoms with Crippen LogP contribution >= 0.6 is 0 Å². The van der Waals surface area contributed by atoms with Gasteiger partial charge in [0.1, 0.15) is 5.75 Å². The predicted molar refractivity (Wildman–Crippen MR) is 49.0 cm³/mol. The van der Waals surface area contributed by atoms with Crippen LogP contribution < -0.4 is 0 Å². The molecule has 2 heteroatoms. The van der Waals surface area contributed by atoms with Gasteiger partial charge in [0.25, 0.3) is 0 Å². The zero-order chi connectivity index (χ0) is 8.81. The molecule has 0 aliphatic heterocycles. The smallest absolute Gasteiger partial charge is 0.122 e. The molecule has 1 rings (SSSR count). The Morgan fingerprint density at radius 2 is 2.17 bits per heavy atom. The second kappa shape index (κ2) is 4.57. The van der Waals surface area contributed by atoms with Gasteiger partial charge in [-0.1, -0.05) is 30.4 Å². The fraction of sp³-hybridized carbons (Fsp3) is 0.200. The summed E-state index contributed by atoms with van der Waals surface area (Å²) in [6.07, 6.45) is 3.69. The first-order chi connectivity index (χ1) is 5.84. The number of para-hydroxylation sites is 1. The van der Waals surface area contributed by atoms with E-state index in [-0.39, 0.29) is 0 Å². The number of benzene rings is 1. The molecule has 0 spiro atoms. The third-order valence-electron chi connectivity index (χ3n) is 1.50. The fourth-order valence-corrected chi connectivity index (χ4v) is 0.900. The quantitative estimate of drug-likeness (QED) is 0.740. The highest BCUT2D eigenvalue weighted by molar-refractivity contribution is 5.56. The van der Waals surface area contributed by atoms with Crippen LogP contribution in [0.4, 0.5) is 0 Å². The molecular weight excluding hydrogens is 152 g/mol. The molecule has 1 aromatic carbocycles. The molecule has 0 atom stereocenters. The highest BCUT2D eigenvalue weighted by Gasteiger charge is 1.91. The summed E-state index contributed by atoms with van der Waals surface area (Å²) in [7, 11) is 1.63. The average Bonchev–Trinajstić information content (AvgIpc) is 2.09. The van der Waals surface area contributed by atoms with Crippen LogP contribution in [0.5, 0.6) is 5.75 Å². The van der Waals surface area contributed by atoms with E-state index in [0.29, 0.717) is 12.4 Å². The summed E-state index contributed by atoms with van der Waals surface area (Å²) >= 11 is 0. The normalized spacial score (nSPS) is 10.8. The Morgan fingerprint density at radius 3 is 2.83 bits per heavy atom. The molecule has 0 amide bonds. The third-order valence-corrected chi connectivity index (χ3v) is 1.50. The van der Waals surface area contributed by atoms with Gasteiger partial charge < -0.3 is 9.84 Å². The molecule has 1 aromatic rings. The molecular formula is C10H12O2. The number of hydrogen-bond acceptors (Lipinski definition) is 2. The zero-order valence-corrected chi connectivity index (χ0v) is 7.03. The van der Waals surface area contributed by atoms with E-state index < -0.39 is 0 Å². The Labute approximate surface area is 72.1 Å². The molecule has 64 valence electrons. The maximum absolute atomic E-state index is 9.32. The van der Waals surface area contributed by atoms with E-state index in [2.05, 4.69) is 0 Å². The van der Waals surface area contributed by atoms with E-state index in [9.17, 15) is 5.11 Å². The van der Waals surface area contributed by atoms with Crippen molar-refractivity contribution in [1.82, 2.24) is 0 Å². The SMILES string of the molecule is COCC=Cc1ccccc1O. The van der Waals surface area contributed by atoms with Crippen molar-refractivity contribution < 1.29 is 9.84 Å². The minimum absolute atomic E-state index is 0.296. The van der Waals surface area contributed by atoms with Crippen molar-refractivity contribution in [3.05, 3.63) is 35.9 Å². The molecule has 0 bridgehead atoms. The lowest BCUT2D eigenvalue weighted by Gasteiger charge is -1.96. The molecule has 1 N–H and O–H groups in total. The van der Waals surface area contributed by atoms with Gasteiger partial charge in [0.05, 0.1) is 6.61 Å². The molecule has 12 heavy (non-hydrogen) atoms. The van der Waals surface area contributed by atoms with Gasteiger partial charge in [0.15, 0.2) is 0 Å². The largest absolute Gasteiger partial charge is 0.507 e. The van der Waals surface area contributed by atoms with Crippen molar-refractivity contribution in [2.75, 3.05) is 13.7 Å². The van der Waals surface area contributed by atoms with Crippen LogP contribution in [0.15, 0.2) is 30.3 Å². The molecule has 0 heterocycles. The highest BCUT2D eigenvalue weighted by atomic mass is 16.5. The summed E-state index contributed by atoms with van der Waals surface area (Å²) in [4.78, 5) is 0. The lowest BCUT2D eigenvalue weighted by Crippen LogP contribution is -1.80. The maximum atomic E-state index is 9.32. The van der Waals surface area contributed by atoms with E-state index >= 15 is 0 Å². The molecule has 0 fully saturated rings. The first-order valence-electron chi connectivity index (χ1n) is 3.78. The molecule has 0 aromatic heterocycles. The second-order valence-electron chi connectivity index (χ2n) is 2.42. The first kappa shape index (κ1) is 8.81. The molecule has 0 saturated heterocycles. The highest BCUT2D eigenvalue weighted by Crippen LogP contribution is 2.16.